The highest BCUT2D eigenvalue weighted by atomic mass is 79.9. The molecule has 0 spiro atoms. The number of primary amides is 1. The number of carbonyl (C=O) groups is 1. The number of hydrogen-bond donors (Lipinski definition) is 1. The molecule has 0 aliphatic rings. The standard InChI is InChI=1S/C8H7BrFNO/c1-4-2-6(9)5(8(11)12)3-7(4)10/h2-3H,1H3,(H2,11,12). The third-order valence-electron chi connectivity index (χ3n) is 1.51. The highest BCUT2D eigenvalue weighted by Gasteiger charge is 2.09. The first kappa shape index (κ1) is 9.19. The average molecular weight is 232 g/mol. The number of amides is 1. The largest absolute Gasteiger partial charge is 0.366 e. The number of rotatable bonds is 1. The maximum absolute atomic E-state index is 12.9. The summed E-state index contributed by atoms with van der Waals surface area (Å²) >= 11 is 3.11. The van der Waals surface area contributed by atoms with Gasteiger partial charge in [0.25, 0.3) is 0 Å². The molecule has 4 heteroatoms. The summed E-state index contributed by atoms with van der Waals surface area (Å²) in [6.45, 7) is 1.62. The summed E-state index contributed by atoms with van der Waals surface area (Å²) in [5.74, 6) is -1.06. The fourth-order valence-corrected chi connectivity index (χ4v) is 1.49. The number of benzene rings is 1. The first-order valence-corrected chi connectivity index (χ1v) is 4.07. The Bertz CT molecular complexity index is 338. The van der Waals surface area contributed by atoms with Gasteiger partial charge in [-0.3, -0.25) is 4.79 Å². The third-order valence-corrected chi connectivity index (χ3v) is 2.17. The van der Waals surface area contributed by atoms with Gasteiger partial charge in [0.2, 0.25) is 5.91 Å². The number of hydrogen-bond acceptors (Lipinski definition) is 1. The molecule has 1 rings (SSSR count). The van der Waals surface area contributed by atoms with Crippen LogP contribution in [0.5, 0.6) is 0 Å². The van der Waals surface area contributed by atoms with Crippen LogP contribution in [0.1, 0.15) is 15.9 Å². The topological polar surface area (TPSA) is 43.1 Å². The molecule has 2 nitrogen and oxygen atoms in total. The predicted octanol–water partition coefficient (Wildman–Crippen LogP) is 2.00. The zero-order chi connectivity index (χ0) is 9.30. The second-order valence-corrected chi connectivity index (χ2v) is 3.30. The van der Waals surface area contributed by atoms with Crippen molar-refractivity contribution in [2.75, 3.05) is 0 Å². The van der Waals surface area contributed by atoms with Crippen molar-refractivity contribution in [1.29, 1.82) is 0 Å². The van der Waals surface area contributed by atoms with E-state index in [1.165, 1.54) is 6.07 Å². The SMILES string of the molecule is Cc1cc(Br)c(C(N)=O)cc1F. The average Bonchev–Trinajstić information content (AvgIpc) is 1.96. The van der Waals surface area contributed by atoms with Crippen LogP contribution in [0.4, 0.5) is 4.39 Å². The van der Waals surface area contributed by atoms with E-state index < -0.39 is 11.7 Å². The van der Waals surface area contributed by atoms with Crippen molar-refractivity contribution in [3.8, 4) is 0 Å². The molecule has 0 aromatic heterocycles. The molecule has 0 fully saturated rings. The van der Waals surface area contributed by atoms with Gasteiger partial charge >= 0.3 is 0 Å². The summed E-state index contributed by atoms with van der Waals surface area (Å²) < 4.78 is 13.4. The van der Waals surface area contributed by atoms with Crippen LogP contribution in [0.3, 0.4) is 0 Å². The van der Waals surface area contributed by atoms with Gasteiger partial charge in [0, 0.05) is 4.47 Å². The molecule has 64 valence electrons. The highest BCUT2D eigenvalue weighted by molar-refractivity contribution is 9.10. The van der Waals surface area contributed by atoms with E-state index in [4.69, 9.17) is 5.73 Å². The van der Waals surface area contributed by atoms with E-state index in [-0.39, 0.29) is 5.56 Å². The van der Waals surface area contributed by atoms with Crippen LogP contribution >= 0.6 is 15.9 Å². The van der Waals surface area contributed by atoms with Crippen molar-refractivity contribution in [1.82, 2.24) is 0 Å². The van der Waals surface area contributed by atoms with E-state index in [0.717, 1.165) is 6.07 Å². The lowest BCUT2D eigenvalue weighted by molar-refractivity contribution is 0.0999. The molecule has 0 unspecified atom stereocenters. The Hall–Kier alpha value is -0.900. The lowest BCUT2D eigenvalue weighted by Gasteiger charge is -2.02. The summed E-state index contributed by atoms with van der Waals surface area (Å²) in [5, 5.41) is 0. The molecule has 0 aliphatic heterocycles. The predicted molar refractivity (Wildman–Crippen MR) is 47.4 cm³/mol. The molecule has 1 aromatic rings. The van der Waals surface area contributed by atoms with Crippen molar-refractivity contribution in [3.63, 3.8) is 0 Å². The Morgan fingerprint density at radius 1 is 1.58 bits per heavy atom. The van der Waals surface area contributed by atoms with E-state index >= 15 is 0 Å². The maximum Gasteiger partial charge on any atom is 0.249 e. The molecule has 12 heavy (non-hydrogen) atoms. The summed E-state index contributed by atoms with van der Waals surface area (Å²) in [6, 6.07) is 2.65. The molecule has 0 bridgehead atoms. The fraction of sp³-hybridized carbons (Fsp3) is 0.125. The molecular formula is C8H7BrFNO. The Morgan fingerprint density at radius 2 is 2.17 bits per heavy atom. The van der Waals surface area contributed by atoms with Gasteiger partial charge in [0.05, 0.1) is 5.56 Å². The van der Waals surface area contributed by atoms with Gasteiger partial charge in [0.15, 0.2) is 0 Å². The van der Waals surface area contributed by atoms with Crippen LogP contribution < -0.4 is 5.73 Å². The summed E-state index contributed by atoms with van der Waals surface area (Å²) in [5.41, 5.74) is 5.64. The molecular weight excluding hydrogens is 225 g/mol. The zero-order valence-electron chi connectivity index (χ0n) is 6.40. The monoisotopic (exact) mass is 231 g/mol. The van der Waals surface area contributed by atoms with E-state index in [2.05, 4.69) is 15.9 Å². The molecule has 2 N–H and O–H groups in total. The number of halogens is 2. The highest BCUT2D eigenvalue weighted by Crippen LogP contribution is 2.20. The first-order chi connectivity index (χ1) is 5.52. The fourth-order valence-electron chi connectivity index (χ4n) is 0.835. The lowest BCUT2D eigenvalue weighted by Crippen LogP contribution is -2.12. The molecule has 1 aromatic carbocycles. The molecule has 0 saturated carbocycles. The van der Waals surface area contributed by atoms with Crippen molar-refractivity contribution >= 4 is 21.8 Å². The lowest BCUT2D eigenvalue weighted by atomic mass is 10.1. The van der Waals surface area contributed by atoms with Crippen LogP contribution in [0.25, 0.3) is 0 Å². The number of nitrogens with two attached hydrogens (primary N) is 1. The summed E-state index contributed by atoms with van der Waals surface area (Å²) in [7, 11) is 0. The van der Waals surface area contributed by atoms with Crippen LogP contribution in [-0.2, 0) is 0 Å². The van der Waals surface area contributed by atoms with E-state index in [0.29, 0.717) is 10.0 Å². The molecule has 0 aliphatic carbocycles. The van der Waals surface area contributed by atoms with Crippen LogP contribution in [0.2, 0.25) is 0 Å². The van der Waals surface area contributed by atoms with Crippen LogP contribution in [0.15, 0.2) is 16.6 Å². The minimum atomic E-state index is -0.638. The molecule has 1 amide bonds. The van der Waals surface area contributed by atoms with Gasteiger partial charge in [-0.25, -0.2) is 4.39 Å². The number of aryl methyl sites for hydroxylation is 1. The van der Waals surface area contributed by atoms with Crippen LogP contribution in [0, 0.1) is 12.7 Å². The van der Waals surface area contributed by atoms with Gasteiger partial charge in [0.1, 0.15) is 5.82 Å². The van der Waals surface area contributed by atoms with Crippen LogP contribution in [-0.4, -0.2) is 5.91 Å². The van der Waals surface area contributed by atoms with Gasteiger partial charge in [-0.1, -0.05) is 0 Å². The third kappa shape index (κ3) is 1.64. The summed E-state index contributed by atoms with van der Waals surface area (Å²) in [6.07, 6.45) is 0. The van der Waals surface area contributed by atoms with Crippen molar-refractivity contribution < 1.29 is 9.18 Å². The molecule has 0 atom stereocenters. The Balaban J connectivity index is 3.33. The Labute approximate surface area is 77.7 Å². The Kier molecular flexibility index (Phi) is 2.47. The number of carbonyl (C=O) groups excluding carboxylic acids is 1. The zero-order valence-corrected chi connectivity index (χ0v) is 7.98. The van der Waals surface area contributed by atoms with Crippen molar-refractivity contribution in [2.45, 2.75) is 6.92 Å². The van der Waals surface area contributed by atoms with Gasteiger partial charge < -0.3 is 5.73 Å². The molecule has 0 heterocycles. The van der Waals surface area contributed by atoms with E-state index in [1.807, 2.05) is 0 Å². The minimum absolute atomic E-state index is 0.165. The minimum Gasteiger partial charge on any atom is -0.366 e. The second-order valence-electron chi connectivity index (χ2n) is 2.45. The Morgan fingerprint density at radius 3 is 2.67 bits per heavy atom. The summed E-state index contributed by atoms with van der Waals surface area (Å²) in [4.78, 5) is 10.7. The normalized spacial score (nSPS) is 9.92. The van der Waals surface area contributed by atoms with Gasteiger partial charge in [-0.2, -0.15) is 0 Å². The second kappa shape index (κ2) is 3.23. The quantitative estimate of drug-likeness (QED) is 0.790. The van der Waals surface area contributed by atoms with E-state index in [1.54, 1.807) is 6.92 Å². The first-order valence-electron chi connectivity index (χ1n) is 3.28. The van der Waals surface area contributed by atoms with Gasteiger partial charge in [-0.15, -0.1) is 0 Å². The van der Waals surface area contributed by atoms with E-state index in [9.17, 15) is 9.18 Å². The smallest absolute Gasteiger partial charge is 0.249 e. The van der Waals surface area contributed by atoms with Gasteiger partial charge in [-0.05, 0) is 40.5 Å². The van der Waals surface area contributed by atoms with Crippen molar-refractivity contribution in [3.05, 3.63) is 33.5 Å². The van der Waals surface area contributed by atoms with Crippen molar-refractivity contribution in [2.24, 2.45) is 5.73 Å². The molecule has 0 radical (unpaired) electrons. The molecule has 0 saturated heterocycles. The maximum atomic E-state index is 12.9.